The highest BCUT2D eigenvalue weighted by molar-refractivity contribution is 9.10. The Morgan fingerprint density at radius 1 is 1.47 bits per heavy atom. The quantitative estimate of drug-likeness (QED) is 0.624. The molecule has 0 aromatic heterocycles. The molecule has 19 heavy (non-hydrogen) atoms. The number of hydrogen-bond acceptors (Lipinski definition) is 5. The summed E-state index contributed by atoms with van der Waals surface area (Å²) in [6, 6.07) is 4.61. The summed E-state index contributed by atoms with van der Waals surface area (Å²) in [6.45, 7) is 2.14. The van der Waals surface area contributed by atoms with Gasteiger partial charge in [0.05, 0.1) is 15.1 Å². The van der Waals surface area contributed by atoms with Gasteiger partial charge in [-0.05, 0) is 34.5 Å². The molecule has 0 aliphatic rings. The van der Waals surface area contributed by atoms with Crippen molar-refractivity contribution in [1.29, 1.82) is 0 Å². The van der Waals surface area contributed by atoms with Gasteiger partial charge in [-0.1, -0.05) is 6.07 Å². The predicted octanol–water partition coefficient (Wildman–Crippen LogP) is 1.88. The molecule has 106 valence electrons. The lowest BCUT2D eigenvalue weighted by atomic mass is 10.2. The van der Waals surface area contributed by atoms with E-state index in [1.54, 1.807) is 19.1 Å². The Hall–Kier alpha value is -0.990. The van der Waals surface area contributed by atoms with Crippen molar-refractivity contribution in [3.05, 3.63) is 38.3 Å². The summed E-state index contributed by atoms with van der Waals surface area (Å²) >= 11 is 3.11. The zero-order valence-corrected chi connectivity index (χ0v) is 13.0. The fraction of sp³-hybridized carbons (Fsp3) is 0.455. The van der Waals surface area contributed by atoms with Gasteiger partial charge in [0.15, 0.2) is 0 Å². The van der Waals surface area contributed by atoms with E-state index in [0.717, 1.165) is 5.56 Å². The van der Waals surface area contributed by atoms with Gasteiger partial charge in [0.25, 0.3) is 5.69 Å². The van der Waals surface area contributed by atoms with Crippen LogP contribution < -0.4 is 5.32 Å². The first-order valence-electron chi connectivity index (χ1n) is 5.53. The Labute approximate surface area is 120 Å². The molecule has 1 aromatic carbocycles. The van der Waals surface area contributed by atoms with E-state index in [-0.39, 0.29) is 17.5 Å². The van der Waals surface area contributed by atoms with Crippen LogP contribution in [0.1, 0.15) is 12.5 Å². The van der Waals surface area contributed by atoms with Crippen molar-refractivity contribution in [1.82, 2.24) is 5.32 Å². The minimum Gasteiger partial charge on any atom is -0.309 e. The van der Waals surface area contributed by atoms with Gasteiger partial charge in [-0.15, -0.1) is 0 Å². The molecule has 1 rings (SSSR count). The van der Waals surface area contributed by atoms with E-state index in [4.69, 9.17) is 0 Å². The summed E-state index contributed by atoms with van der Waals surface area (Å²) in [4.78, 5) is 10.3. The van der Waals surface area contributed by atoms with Crippen molar-refractivity contribution in [2.75, 3.05) is 12.0 Å². The Balaban J connectivity index is 2.68. The number of nitro groups is 1. The summed E-state index contributed by atoms with van der Waals surface area (Å²) in [5, 5.41) is 13.8. The van der Waals surface area contributed by atoms with Crippen molar-refractivity contribution in [3.63, 3.8) is 0 Å². The number of nitro benzene ring substituents is 1. The van der Waals surface area contributed by atoms with Crippen molar-refractivity contribution in [2.24, 2.45) is 0 Å². The third-order valence-corrected chi connectivity index (χ3v) is 4.19. The highest BCUT2D eigenvalue weighted by Crippen LogP contribution is 2.25. The Morgan fingerprint density at radius 3 is 2.63 bits per heavy atom. The number of nitrogens with one attached hydrogen (secondary N) is 1. The number of halogens is 1. The van der Waals surface area contributed by atoms with Gasteiger partial charge in [-0.3, -0.25) is 10.1 Å². The largest absolute Gasteiger partial charge is 0.309 e. The van der Waals surface area contributed by atoms with Crippen LogP contribution in [-0.4, -0.2) is 31.4 Å². The van der Waals surface area contributed by atoms with Gasteiger partial charge in [0, 0.05) is 24.9 Å². The topological polar surface area (TPSA) is 89.3 Å². The molecule has 0 saturated heterocycles. The minimum atomic E-state index is -3.03. The number of nitrogens with zero attached hydrogens (tertiary/aromatic N) is 1. The zero-order chi connectivity index (χ0) is 14.6. The highest BCUT2D eigenvalue weighted by atomic mass is 79.9. The second-order valence-corrected chi connectivity index (χ2v) is 7.46. The van der Waals surface area contributed by atoms with Gasteiger partial charge in [0.1, 0.15) is 9.84 Å². The second kappa shape index (κ2) is 6.44. The third kappa shape index (κ3) is 5.66. The molecule has 1 unspecified atom stereocenters. The molecule has 1 aromatic rings. The molecule has 6 nitrogen and oxygen atoms in total. The lowest BCUT2D eigenvalue weighted by Crippen LogP contribution is -2.32. The van der Waals surface area contributed by atoms with Crippen LogP contribution in [-0.2, 0) is 16.4 Å². The Morgan fingerprint density at radius 2 is 2.11 bits per heavy atom. The van der Waals surface area contributed by atoms with Crippen LogP contribution in [0.4, 0.5) is 5.69 Å². The van der Waals surface area contributed by atoms with E-state index in [2.05, 4.69) is 21.2 Å². The van der Waals surface area contributed by atoms with Crippen LogP contribution in [0.15, 0.2) is 22.7 Å². The van der Waals surface area contributed by atoms with Crippen molar-refractivity contribution >= 4 is 31.5 Å². The van der Waals surface area contributed by atoms with Crippen LogP contribution in [0.2, 0.25) is 0 Å². The maximum absolute atomic E-state index is 11.1. The molecule has 0 spiro atoms. The zero-order valence-electron chi connectivity index (χ0n) is 10.6. The van der Waals surface area contributed by atoms with Gasteiger partial charge < -0.3 is 5.32 Å². The van der Waals surface area contributed by atoms with Crippen LogP contribution in [0.3, 0.4) is 0 Å². The van der Waals surface area contributed by atoms with Crippen molar-refractivity contribution in [3.8, 4) is 0 Å². The molecule has 0 heterocycles. The maximum atomic E-state index is 11.1. The maximum Gasteiger partial charge on any atom is 0.283 e. The van der Waals surface area contributed by atoms with Crippen LogP contribution in [0.5, 0.6) is 0 Å². The monoisotopic (exact) mass is 350 g/mol. The van der Waals surface area contributed by atoms with Crippen LogP contribution in [0, 0.1) is 10.1 Å². The first-order valence-corrected chi connectivity index (χ1v) is 8.38. The summed E-state index contributed by atoms with van der Waals surface area (Å²) in [6.07, 6.45) is 1.18. The molecule has 0 bridgehead atoms. The van der Waals surface area contributed by atoms with E-state index < -0.39 is 14.8 Å². The first-order chi connectivity index (χ1) is 8.69. The fourth-order valence-electron chi connectivity index (χ4n) is 1.61. The molecule has 1 N–H and O–H groups in total. The summed E-state index contributed by atoms with van der Waals surface area (Å²) in [7, 11) is -3.03. The normalized spacial score (nSPS) is 13.2. The lowest BCUT2D eigenvalue weighted by Gasteiger charge is -2.12. The van der Waals surface area contributed by atoms with Gasteiger partial charge in [-0.25, -0.2) is 8.42 Å². The smallest absolute Gasteiger partial charge is 0.283 e. The van der Waals surface area contributed by atoms with E-state index in [0.29, 0.717) is 11.0 Å². The number of sulfone groups is 1. The molecule has 1 atom stereocenters. The molecular formula is C11H15BrN2O4S. The molecule has 0 aliphatic carbocycles. The van der Waals surface area contributed by atoms with E-state index in [1.807, 2.05) is 0 Å². The van der Waals surface area contributed by atoms with Crippen LogP contribution in [0.25, 0.3) is 0 Å². The molecule has 0 amide bonds. The number of hydrogen-bond donors (Lipinski definition) is 1. The Kier molecular flexibility index (Phi) is 5.45. The Bertz CT molecular complexity index is 574. The fourth-order valence-corrected chi connectivity index (χ4v) is 3.03. The van der Waals surface area contributed by atoms with E-state index in [1.165, 1.54) is 12.3 Å². The van der Waals surface area contributed by atoms with E-state index >= 15 is 0 Å². The van der Waals surface area contributed by atoms with Crippen molar-refractivity contribution < 1.29 is 13.3 Å². The van der Waals surface area contributed by atoms with Gasteiger partial charge >= 0.3 is 0 Å². The summed E-state index contributed by atoms with van der Waals surface area (Å²) in [5.74, 6) is 0.0334. The molecule has 8 heteroatoms. The first kappa shape index (κ1) is 16.1. The molecule has 0 radical (unpaired) electrons. The van der Waals surface area contributed by atoms with E-state index in [9.17, 15) is 18.5 Å². The number of rotatable bonds is 6. The summed E-state index contributed by atoms with van der Waals surface area (Å²) in [5.41, 5.74) is 0.727. The van der Waals surface area contributed by atoms with Crippen molar-refractivity contribution in [2.45, 2.75) is 19.5 Å². The standard InChI is InChI=1S/C11H15BrN2O4S/c1-8(7-19(2,17)18)13-6-9-3-4-10(12)11(5-9)14(15)16/h3-5,8,13H,6-7H2,1-2H3. The molecule has 0 fully saturated rings. The second-order valence-electron chi connectivity index (χ2n) is 4.42. The van der Waals surface area contributed by atoms with Crippen LogP contribution >= 0.6 is 15.9 Å². The van der Waals surface area contributed by atoms with Gasteiger partial charge in [-0.2, -0.15) is 0 Å². The predicted molar refractivity (Wildman–Crippen MR) is 76.8 cm³/mol. The summed E-state index contributed by atoms with van der Waals surface area (Å²) < 4.78 is 22.6. The minimum absolute atomic E-state index is 0.00457. The third-order valence-electron chi connectivity index (χ3n) is 2.41. The number of benzene rings is 1. The van der Waals surface area contributed by atoms with Gasteiger partial charge in [0.2, 0.25) is 0 Å². The average Bonchev–Trinajstić information content (AvgIpc) is 2.25. The molecule has 0 aliphatic heterocycles. The highest BCUT2D eigenvalue weighted by Gasteiger charge is 2.13. The average molecular weight is 351 g/mol. The molecular weight excluding hydrogens is 336 g/mol. The molecule has 0 saturated carbocycles. The SMILES string of the molecule is CC(CS(C)(=O)=O)NCc1ccc(Br)c([N+](=O)[O-])c1. The lowest BCUT2D eigenvalue weighted by molar-refractivity contribution is -0.385.